The molecule has 0 aromatic heterocycles. The average Bonchev–Trinajstić information content (AvgIpc) is 2.51. The highest BCUT2D eigenvalue weighted by molar-refractivity contribution is 5.60. The van der Waals surface area contributed by atoms with E-state index in [1.54, 1.807) is 0 Å². The molecule has 1 aromatic carbocycles. The fourth-order valence-corrected chi connectivity index (χ4v) is 2.75. The molecule has 0 saturated heterocycles. The lowest BCUT2D eigenvalue weighted by Gasteiger charge is -2.24. The Kier molecular flexibility index (Phi) is 2.89. The van der Waals surface area contributed by atoms with E-state index in [4.69, 9.17) is 4.74 Å². The van der Waals surface area contributed by atoms with Crippen LogP contribution in [0.4, 0.5) is 0 Å². The van der Waals surface area contributed by atoms with Crippen LogP contribution in [0.5, 0.6) is 5.75 Å². The molecule has 2 nitrogen and oxygen atoms in total. The Morgan fingerprint density at radius 2 is 2.00 bits per heavy atom. The van der Waals surface area contributed by atoms with Crippen molar-refractivity contribution in [3.05, 3.63) is 28.3 Å². The van der Waals surface area contributed by atoms with Crippen LogP contribution < -0.4 is 4.74 Å². The summed E-state index contributed by atoms with van der Waals surface area (Å²) in [5.41, 5.74) is 4.20. The molecule has 1 unspecified atom stereocenters. The monoisotopic (exact) mass is 243 g/mol. The molecule has 96 valence electrons. The van der Waals surface area contributed by atoms with Gasteiger partial charge in [-0.25, -0.2) is 0 Å². The van der Waals surface area contributed by atoms with E-state index in [1.165, 1.54) is 5.56 Å². The van der Waals surface area contributed by atoms with Gasteiger partial charge in [0, 0.05) is 11.0 Å². The Balaban J connectivity index is 2.81. The molecule has 18 heavy (non-hydrogen) atoms. The van der Waals surface area contributed by atoms with Gasteiger partial charge in [-0.1, -0.05) is 27.7 Å². The van der Waals surface area contributed by atoms with E-state index in [0.29, 0.717) is 5.92 Å². The zero-order chi connectivity index (χ0) is 13.7. The van der Waals surface area contributed by atoms with Crippen LogP contribution in [0.1, 0.15) is 62.8 Å². The highest BCUT2D eigenvalue weighted by atomic mass is 16.5. The van der Waals surface area contributed by atoms with E-state index >= 15 is 0 Å². The number of ether oxygens (including phenoxy) is 1. The third-order valence-electron chi connectivity index (χ3n) is 4.27. The first kappa shape index (κ1) is 13.0. The summed E-state index contributed by atoms with van der Waals surface area (Å²) in [5, 5.41) is 9.30. The maximum absolute atomic E-state index is 9.30. The number of fused-ring (bicyclic) bond motifs is 1. The smallest absolute Gasteiger partial charge is 0.127 e. The van der Waals surface area contributed by atoms with Gasteiger partial charge >= 0.3 is 0 Å². The first-order valence-corrected chi connectivity index (χ1v) is 6.55. The summed E-state index contributed by atoms with van der Waals surface area (Å²) < 4.78 is 6.09. The molecule has 1 atom stereocenters. The van der Waals surface area contributed by atoms with Gasteiger partial charge in [-0.15, -0.1) is 0 Å². The van der Waals surface area contributed by atoms with Crippen LogP contribution in [0.2, 0.25) is 0 Å². The van der Waals surface area contributed by atoms with Gasteiger partial charge in [-0.05, 0) is 37.0 Å². The minimum Gasteiger partial charge on any atom is -0.489 e. The van der Waals surface area contributed by atoms with Crippen LogP contribution in [-0.2, 0) is 5.41 Å². The number of nitrogens with zero attached hydrogens (tertiary/aromatic N) is 1. The zero-order valence-electron chi connectivity index (χ0n) is 12.1. The molecule has 0 amide bonds. The Bertz CT molecular complexity index is 535. The van der Waals surface area contributed by atoms with Crippen LogP contribution in [0.15, 0.2) is 6.07 Å². The molecular formula is C16H21NO. The van der Waals surface area contributed by atoms with E-state index < -0.39 is 0 Å². The number of nitriles is 1. The maximum atomic E-state index is 9.30. The molecule has 2 rings (SSSR count). The van der Waals surface area contributed by atoms with Gasteiger partial charge in [0.2, 0.25) is 0 Å². The van der Waals surface area contributed by atoms with E-state index in [2.05, 4.69) is 40.7 Å². The minimum absolute atomic E-state index is 0.0318. The lowest BCUT2D eigenvalue weighted by Crippen LogP contribution is -2.29. The van der Waals surface area contributed by atoms with E-state index in [1.807, 2.05) is 13.0 Å². The third-order valence-corrected chi connectivity index (χ3v) is 4.27. The van der Waals surface area contributed by atoms with Crippen molar-refractivity contribution in [2.75, 3.05) is 0 Å². The fourth-order valence-electron chi connectivity index (χ4n) is 2.75. The second kappa shape index (κ2) is 4.02. The van der Waals surface area contributed by atoms with Gasteiger partial charge < -0.3 is 4.74 Å². The Hall–Kier alpha value is -1.49. The van der Waals surface area contributed by atoms with Crippen LogP contribution in [0.3, 0.4) is 0 Å². The molecule has 0 spiro atoms. The molecule has 0 N–H and O–H groups in total. The highest BCUT2D eigenvalue weighted by Crippen LogP contribution is 2.48. The highest BCUT2D eigenvalue weighted by Gasteiger charge is 2.42. The Morgan fingerprint density at radius 3 is 2.50 bits per heavy atom. The molecule has 1 aromatic rings. The quantitative estimate of drug-likeness (QED) is 0.745. The summed E-state index contributed by atoms with van der Waals surface area (Å²) in [6.45, 7) is 12.8. The summed E-state index contributed by atoms with van der Waals surface area (Å²) in [7, 11) is 0. The van der Waals surface area contributed by atoms with E-state index in [-0.39, 0.29) is 11.5 Å². The SMILES string of the molecule is Cc1c(C#N)cc(C(C)C)c2c1C(C)(C)C(C)O2. The molecule has 0 saturated carbocycles. The molecule has 2 heteroatoms. The largest absolute Gasteiger partial charge is 0.489 e. The number of rotatable bonds is 1. The summed E-state index contributed by atoms with van der Waals surface area (Å²) in [5.74, 6) is 1.38. The van der Waals surface area contributed by atoms with Gasteiger partial charge in [0.25, 0.3) is 0 Å². The Morgan fingerprint density at radius 1 is 1.39 bits per heavy atom. The van der Waals surface area contributed by atoms with Crippen molar-refractivity contribution < 1.29 is 4.74 Å². The molecular weight excluding hydrogens is 222 g/mol. The lowest BCUT2D eigenvalue weighted by molar-refractivity contribution is 0.184. The Labute approximate surface area is 110 Å². The van der Waals surface area contributed by atoms with Crippen molar-refractivity contribution in [1.29, 1.82) is 5.26 Å². The van der Waals surface area contributed by atoms with Crippen molar-refractivity contribution in [3.8, 4) is 11.8 Å². The van der Waals surface area contributed by atoms with Crippen molar-refractivity contribution in [3.63, 3.8) is 0 Å². The normalized spacial score (nSPS) is 20.4. The summed E-state index contributed by atoms with van der Waals surface area (Å²) in [6, 6.07) is 4.31. The van der Waals surface area contributed by atoms with Crippen molar-refractivity contribution in [1.82, 2.24) is 0 Å². The zero-order valence-corrected chi connectivity index (χ0v) is 12.1. The topological polar surface area (TPSA) is 33.0 Å². The predicted molar refractivity (Wildman–Crippen MR) is 73.1 cm³/mol. The van der Waals surface area contributed by atoms with Gasteiger partial charge in [-0.3, -0.25) is 0 Å². The van der Waals surface area contributed by atoms with Gasteiger partial charge in [0.05, 0.1) is 11.6 Å². The lowest BCUT2D eigenvalue weighted by atomic mass is 9.77. The molecule has 1 aliphatic rings. The van der Waals surface area contributed by atoms with Crippen molar-refractivity contribution in [2.24, 2.45) is 0 Å². The second-order valence-electron chi connectivity index (χ2n) is 6.09. The van der Waals surface area contributed by atoms with Gasteiger partial charge in [0.15, 0.2) is 0 Å². The third kappa shape index (κ3) is 1.61. The number of hydrogen-bond acceptors (Lipinski definition) is 2. The van der Waals surface area contributed by atoms with Crippen molar-refractivity contribution in [2.45, 2.75) is 59.0 Å². The standard InChI is InChI=1S/C16H21NO/c1-9(2)13-7-12(8-17)10(3)14-15(13)18-11(4)16(14,5)6/h7,9,11H,1-6H3. The van der Waals surface area contributed by atoms with E-state index in [9.17, 15) is 5.26 Å². The molecule has 0 fully saturated rings. The molecule has 0 bridgehead atoms. The van der Waals surface area contributed by atoms with E-state index in [0.717, 1.165) is 22.4 Å². The summed E-state index contributed by atoms with van der Waals surface area (Å²) in [4.78, 5) is 0. The average molecular weight is 243 g/mol. The summed E-state index contributed by atoms with van der Waals surface area (Å²) in [6.07, 6.45) is 0.151. The molecule has 1 aliphatic heterocycles. The van der Waals surface area contributed by atoms with Crippen LogP contribution >= 0.6 is 0 Å². The van der Waals surface area contributed by atoms with Crippen molar-refractivity contribution >= 4 is 0 Å². The molecule has 1 heterocycles. The van der Waals surface area contributed by atoms with Crippen LogP contribution in [-0.4, -0.2) is 6.10 Å². The van der Waals surface area contributed by atoms with Gasteiger partial charge in [-0.2, -0.15) is 5.26 Å². The minimum atomic E-state index is -0.0318. The summed E-state index contributed by atoms with van der Waals surface area (Å²) >= 11 is 0. The number of benzene rings is 1. The first-order chi connectivity index (χ1) is 8.30. The maximum Gasteiger partial charge on any atom is 0.127 e. The van der Waals surface area contributed by atoms with Crippen LogP contribution in [0.25, 0.3) is 0 Å². The molecule has 0 radical (unpaired) electrons. The first-order valence-electron chi connectivity index (χ1n) is 6.55. The predicted octanol–water partition coefficient (Wildman–Crippen LogP) is 4.05. The van der Waals surface area contributed by atoms with Gasteiger partial charge in [0.1, 0.15) is 11.9 Å². The molecule has 0 aliphatic carbocycles. The van der Waals surface area contributed by atoms with Crippen LogP contribution in [0, 0.1) is 18.3 Å². The number of hydrogen-bond donors (Lipinski definition) is 0. The fraction of sp³-hybridized carbons (Fsp3) is 0.562. The second-order valence-corrected chi connectivity index (χ2v) is 6.09.